The summed E-state index contributed by atoms with van der Waals surface area (Å²) < 4.78 is 6.33. The molecule has 2 atom stereocenters. The van der Waals surface area contributed by atoms with Gasteiger partial charge >= 0.3 is 11.8 Å². The summed E-state index contributed by atoms with van der Waals surface area (Å²) in [4.78, 5) is 51.8. The third kappa shape index (κ3) is 5.65. The number of aromatic nitrogens is 2. The number of likely N-dealkylation sites (N-methyl/N-ethyl adjacent to an activating group) is 1. The molecule has 3 fully saturated rings. The Bertz CT molecular complexity index is 854. The minimum atomic E-state index is -0.630. The molecule has 0 radical (unpaired) electrons. The molecule has 2 aliphatic heterocycles. The summed E-state index contributed by atoms with van der Waals surface area (Å²) in [7, 11) is 3.12. The summed E-state index contributed by atoms with van der Waals surface area (Å²) in [6, 6.07) is 1.24. The Labute approximate surface area is 201 Å². The SMILES string of the molecule is CN(C)C(=O)C(=O)NC1CCCN(C(=O)C2CCC2)C1COC1CCN(c2ncccn2)CC1. The largest absolute Gasteiger partial charge is 0.376 e. The van der Waals surface area contributed by atoms with E-state index in [1.807, 2.05) is 11.0 Å². The molecule has 0 bridgehead atoms. The molecule has 2 unspecified atom stereocenters. The van der Waals surface area contributed by atoms with Crippen molar-refractivity contribution in [1.82, 2.24) is 25.1 Å². The van der Waals surface area contributed by atoms with Gasteiger partial charge in [0, 0.05) is 52.0 Å². The highest BCUT2D eigenvalue weighted by Gasteiger charge is 2.40. The molecular formula is C24H36N6O4. The lowest BCUT2D eigenvalue weighted by atomic mass is 9.83. The van der Waals surface area contributed by atoms with Crippen molar-refractivity contribution in [2.75, 3.05) is 45.2 Å². The van der Waals surface area contributed by atoms with E-state index >= 15 is 0 Å². The number of carbonyl (C=O) groups excluding carboxylic acids is 3. The monoisotopic (exact) mass is 472 g/mol. The summed E-state index contributed by atoms with van der Waals surface area (Å²) in [5, 5.41) is 2.90. The zero-order valence-electron chi connectivity index (χ0n) is 20.2. The van der Waals surface area contributed by atoms with Crippen molar-refractivity contribution >= 4 is 23.7 Å². The lowest BCUT2D eigenvalue weighted by Crippen LogP contribution is -2.61. The van der Waals surface area contributed by atoms with Gasteiger partial charge in [-0.3, -0.25) is 14.4 Å². The third-order valence-electron chi connectivity index (χ3n) is 7.21. The van der Waals surface area contributed by atoms with E-state index in [0.717, 1.165) is 64.0 Å². The Morgan fingerprint density at radius 1 is 1.03 bits per heavy atom. The van der Waals surface area contributed by atoms with Crippen molar-refractivity contribution in [3.63, 3.8) is 0 Å². The minimum Gasteiger partial charge on any atom is -0.376 e. The zero-order chi connectivity index (χ0) is 24.1. The first-order valence-electron chi connectivity index (χ1n) is 12.4. The van der Waals surface area contributed by atoms with Crippen molar-refractivity contribution in [1.29, 1.82) is 0 Å². The summed E-state index contributed by atoms with van der Waals surface area (Å²) in [5.41, 5.74) is 0. The predicted molar refractivity (Wildman–Crippen MR) is 126 cm³/mol. The molecule has 1 N–H and O–H groups in total. The molecule has 186 valence electrons. The highest BCUT2D eigenvalue weighted by molar-refractivity contribution is 6.34. The van der Waals surface area contributed by atoms with Gasteiger partial charge in [0.1, 0.15) is 0 Å². The molecule has 0 spiro atoms. The molecule has 1 saturated carbocycles. The number of likely N-dealkylation sites (tertiary alicyclic amines) is 1. The van der Waals surface area contributed by atoms with Gasteiger partial charge in [-0.2, -0.15) is 0 Å². The molecule has 3 heterocycles. The maximum absolute atomic E-state index is 13.2. The van der Waals surface area contributed by atoms with E-state index in [1.54, 1.807) is 26.5 Å². The van der Waals surface area contributed by atoms with Crippen molar-refractivity contribution in [3.05, 3.63) is 18.5 Å². The van der Waals surface area contributed by atoms with Crippen LogP contribution in [0.5, 0.6) is 0 Å². The van der Waals surface area contributed by atoms with Gasteiger partial charge in [-0.05, 0) is 44.6 Å². The molecule has 1 aromatic heterocycles. The fourth-order valence-corrected chi connectivity index (χ4v) is 4.94. The van der Waals surface area contributed by atoms with Crippen LogP contribution in [0, 0.1) is 5.92 Å². The van der Waals surface area contributed by atoms with Crippen molar-refractivity contribution in [3.8, 4) is 0 Å². The second-order valence-electron chi connectivity index (χ2n) is 9.72. The molecule has 4 rings (SSSR count). The average Bonchev–Trinajstić information content (AvgIpc) is 2.82. The molecule has 1 aromatic rings. The summed E-state index contributed by atoms with van der Waals surface area (Å²) in [6.45, 7) is 2.64. The normalized spacial score (nSPS) is 23.8. The van der Waals surface area contributed by atoms with Gasteiger partial charge in [-0.1, -0.05) is 6.42 Å². The number of rotatable bonds is 6. The van der Waals surface area contributed by atoms with Crippen LogP contribution in [0.25, 0.3) is 0 Å². The third-order valence-corrected chi connectivity index (χ3v) is 7.21. The van der Waals surface area contributed by atoms with E-state index in [-0.39, 0.29) is 30.0 Å². The summed E-state index contributed by atoms with van der Waals surface area (Å²) >= 11 is 0. The number of amides is 3. The Kier molecular flexibility index (Phi) is 7.97. The molecule has 3 amide bonds. The van der Waals surface area contributed by atoms with E-state index in [4.69, 9.17) is 4.74 Å². The number of anilines is 1. The highest BCUT2D eigenvalue weighted by Crippen LogP contribution is 2.31. The smallest absolute Gasteiger partial charge is 0.311 e. The number of hydrogen-bond acceptors (Lipinski definition) is 7. The van der Waals surface area contributed by atoms with Crippen LogP contribution in [0.1, 0.15) is 44.9 Å². The molecule has 0 aromatic carbocycles. The zero-order valence-corrected chi connectivity index (χ0v) is 20.2. The Morgan fingerprint density at radius 2 is 1.74 bits per heavy atom. The summed E-state index contributed by atoms with van der Waals surface area (Å²) in [5.74, 6) is -0.242. The number of nitrogens with zero attached hydrogens (tertiary/aromatic N) is 5. The van der Waals surface area contributed by atoms with Gasteiger partial charge in [-0.15, -0.1) is 0 Å². The molecular weight excluding hydrogens is 436 g/mol. The fourth-order valence-electron chi connectivity index (χ4n) is 4.94. The standard InChI is InChI=1S/C24H36N6O4/c1-28(2)23(33)21(31)27-19-8-4-13-30(22(32)17-6-3-7-17)20(19)16-34-18-9-14-29(15-10-18)24-25-11-5-12-26-24/h5,11-12,17-20H,3-4,6-10,13-16H2,1-2H3,(H,27,31). The maximum Gasteiger partial charge on any atom is 0.311 e. The first-order chi connectivity index (χ1) is 16.4. The van der Waals surface area contributed by atoms with E-state index in [0.29, 0.717) is 13.2 Å². The quantitative estimate of drug-likeness (QED) is 0.611. The molecule has 3 aliphatic rings. The van der Waals surface area contributed by atoms with Gasteiger partial charge in [0.15, 0.2) is 0 Å². The molecule has 34 heavy (non-hydrogen) atoms. The lowest BCUT2D eigenvalue weighted by molar-refractivity contribution is -0.149. The van der Waals surface area contributed by atoms with Crippen LogP contribution in [-0.2, 0) is 19.1 Å². The first kappa shape index (κ1) is 24.4. The van der Waals surface area contributed by atoms with Gasteiger partial charge in [0.05, 0.1) is 24.8 Å². The molecule has 1 aliphatic carbocycles. The Morgan fingerprint density at radius 3 is 2.35 bits per heavy atom. The van der Waals surface area contributed by atoms with Crippen LogP contribution in [0.3, 0.4) is 0 Å². The number of nitrogens with one attached hydrogen (secondary N) is 1. The number of ether oxygens (including phenoxy) is 1. The predicted octanol–water partition coefficient (Wildman–Crippen LogP) is 0.826. The van der Waals surface area contributed by atoms with Crippen molar-refractivity contribution in [2.24, 2.45) is 5.92 Å². The maximum atomic E-state index is 13.2. The summed E-state index contributed by atoms with van der Waals surface area (Å²) in [6.07, 6.45) is 9.72. The molecule has 10 heteroatoms. The van der Waals surface area contributed by atoms with Crippen LogP contribution in [0.15, 0.2) is 18.5 Å². The Balaban J connectivity index is 1.38. The van der Waals surface area contributed by atoms with Crippen LogP contribution in [-0.4, -0.2) is 96.0 Å². The van der Waals surface area contributed by atoms with Gasteiger partial charge < -0.3 is 24.8 Å². The van der Waals surface area contributed by atoms with Gasteiger partial charge in [-0.25, -0.2) is 9.97 Å². The lowest BCUT2D eigenvalue weighted by Gasteiger charge is -2.44. The van der Waals surface area contributed by atoms with Crippen LogP contribution in [0.4, 0.5) is 5.95 Å². The second-order valence-corrected chi connectivity index (χ2v) is 9.72. The van der Waals surface area contributed by atoms with E-state index in [2.05, 4.69) is 20.2 Å². The molecule has 2 saturated heterocycles. The molecule has 10 nitrogen and oxygen atoms in total. The second kappa shape index (κ2) is 11.1. The van der Waals surface area contributed by atoms with E-state index in [9.17, 15) is 14.4 Å². The van der Waals surface area contributed by atoms with Crippen LogP contribution >= 0.6 is 0 Å². The number of hydrogen-bond donors (Lipinski definition) is 1. The average molecular weight is 473 g/mol. The highest BCUT2D eigenvalue weighted by atomic mass is 16.5. The van der Waals surface area contributed by atoms with E-state index in [1.165, 1.54) is 4.90 Å². The van der Waals surface area contributed by atoms with Crippen LogP contribution in [0.2, 0.25) is 0 Å². The number of piperidine rings is 2. The minimum absolute atomic E-state index is 0.0716. The van der Waals surface area contributed by atoms with Crippen molar-refractivity contribution < 1.29 is 19.1 Å². The number of carbonyl (C=O) groups is 3. The van der Waals surface area contributed by atoms with Crippen LogP contribution < -0.4 is 10.2 Å². The Hall–Kier alpha value is -2.75. The first-order valence-corrected chi connectivity index (χ1v) is 12.4. The topological polar surface area (TPSA) is 108 Å². The van der Waals surface area contributed by atoms with Gasteiger partial charge in [0.2, 0.25) is 11.9 Å². The van der Waals surface area contributed by atoms with Crippen molar-refractivity contribution in [2.45, 2.75) is 63.1 Å². The van der Waals surface area contributed by atoms with E-state index < -0.39 is 11.8 Å². The van der Waals surface area contributed by atoms with Gasteiger partial charge in [0.25, 0.3) is 0 Å². The fraction of sp³-hybridized carbons (Fsp3) is 0.708.